The predicted octanol–water partition coefficient (Wildman–Crippen LogP) is 0.618. The van der Waals surface area contributed by atoms with Crippen LogP contribution < -0.4 is 4.72 Å². The van der Waals surface area contributed by atoms with Crippen LogP contribution in [0.4, 0.5) is 0 Å². The third-order valence-corrected chi connectivity index (χ3v) is 3.97. The van der Waals surface area contributed by atoms with Gasteiger partial charge in [-0.3, -0.25) is 0 Å². The maximum atomic E-state index is 11.4. The molecule has 14 heavy (non-hydrogen) atoms. The fraction of sp³-hybridized carbons (Fsp3) is 0.889. The molecule has 0 bridgehead atoms. The lowest BCUT2D eigenvalue weighted by molar-refractivity contribution is 0.472. The maximum absolute atomic E-state index is 11.4. The van der Waals surface area contributed by atoms with Gasteiger partial charge in [0, 0.05) is 6.04 Å². The van der Waals surface area contributed by atoms with E-state index in [1.54, 1.807) is 6.07 Å². The number of sulfonamides is 1. The Morgan fingerprint density at radius 3 is 2.14 bits per heavy atom. The minimum Gasteiger partial charge on any atom is -0.211 e. The van der Waals surface area contributed by atoms with Crippen LogP contribution in [0.3, 0.4) is 0 Å². The standard InChI is InChI=1S/C9H14N2O2S/c10-5-6-14(12,13)11-9(7-1-2-7)8-3-4-8/h7-9,11H,1-4,6H2. The molecule has 0 unspecified atom stereocenters. The summed E-state index contributed by atoms with van der Waals surface area (Å²) in [6, 6.07) is 1.80. The molecule has 2 rings (SSSR count). The summed E-state index contributed by atoms with van der Waals surface area (Å²) in [6.45, 7) is 0. The van der Waals surface area contributed by atoms with Gasteiger partial charge in [-0.1, -0.05) is 0 Å². The summed E-state index contributed by atoms with van der Waals surface area (Å²) in [7, 11) is -3.35. The summed E-state index contributed by atoms with van der Waals surface area (Å²) in [5.74, 6) is 0.662. The minimum absolute atomic E-state index is 0.119. The van der Waals surface area contributed by atoms with E-state index in [-0.39, 0.29) is 6.04 Å². The summed E-state index contributed by atoms with van der Waals surface area (Å²) < 4.78 is 25.4. The summed E-state index contributed by atoms with van der Waals surface area (Å²) in [5.41, 5.74) is 0. The van der Waals surface area contributed by atoms with Crippen molar-refractivity contribution < 1.29 is 8.42 Å². The molecule has 0 atom stereocenters. The number of hydrogen-bond donors (Lipinski definition) is 1. The van der Waals surface area contributed by atoms with Crippen molar-refractivity contribution in [2.24, 2.45) is 11.8 Å². The number of hydrogen-bond acceptors (Lipinski definition) is 3. The highest BCUT2D eigenvalue weighted by Crippen LogP contribution is 2.44. The first-order valence-corrected chi connectivity index (χ1v) is 6.64. The average molecular weight is 214 g/mol. The Morgan fingerprint density at radius 1 is 1.29 bits per heavy atom. The van der Waals surface area contributed by atoms with Crippen LogP contribution >= 0.6 is 0 Å². The van der Waals surface area contributed by atoms with E-state index < -0.39 is 15.8 Å². The minimum atomic E-state index is -3.35. The van der Waals surface area contributed by atoms with E-state index in [0.717, 1.165) is 25.7 Å². The molecule has 2 fully saturated rings. The molecule has 0 aliphatic heterocycles. The van der Waals surface area contributed by atoms with E-state index >= 15 is 0 Å². The summed E-state index contributed by atoms with van der Waals surface area (Å²) in [6.07, 6.45) is 4.54. The summed E-state index contributed by atoms with van der Waals surface area (Å²) in [4.78, 5) is 0. The SMILES string of the molecule is N#CCS(=O)(=O)NC(C1CC1)C1CC1. The smallest absolute Gasteiger partial charge is 0.211 e. The van der Waals surface area contributed by atoms with Crippen LogP contribution in [-0.2, 0) is 10.0 Å². The van der Waals surface area contributed by atoms with Gasteiger partial charge in [-0.25, -0.2) is 13.1 Å². The monoisotopic (exact) mass is 214 g/mol. The Balaban J connectivity index is 1.96. The summed E-state index contributed by atoms with van der Waals surface area (Å²) >= 11 is 0. The van der Waals surface area contributed by atoms with E-state index in [0.29, 0.717) is 11.8 Å². The molecule has 0 heterocycles. The molecule has 5 heteroatoms. The van der Waals surface area contributed by atoms with Gasteiger partial charge in [-0.15, -0.1) is 0 Å². The first-order chi connectivity index (χ1) is 6.62. The van der Waals surface area contributed by atoms with Gasteiger partial charge in [0.15, 0.2) is 5.75 Å². The van der Waals surface area contributed by atoms with Gasteiger partial charge in [0.05, 0.1) is 6.07 Å². The Kier molecular flexibility index (Phi) is 2.50. The normalized spacial score (nSPS) is 22.3. The molecule has 0 aromatic carbocycles. The highest BCUT2D eigenvalue weighted by Gasteiger charge is 2.43. The maximum Gasteiger partial charge on any atom is 0.225 e. The van der Waals surface area contributed by atoms with Crippen molar-refractivity contribution in [1.82, 2.24) is 4.72 Å². The second-order valence-corrected chi connectivity index (χ2v) is 5.99. The number of rotatable bonds is 5. The van der Waals surface area contributed by atoms with Crippen molar-refractivity contribution in [2.75, 3.05) is 5.75 Å². The van der Waals surface area contributed by atoms with Crippen LogP contribution in [0.15, 0.2) is 0 Å². The third-order valence-electron chi connectivity index (χ3n) is 2.83. The van der Waals surface area contributed by atoms with Crippen molar-refractivity contribution in [3.05, 3.63) is 0 Å². The molecule has 1 N–H and O–H groups in total. The molecular formula is C9H14N2O2S. The highest BCUT2D eigenvalue weighted by molar-refractivity contribution is 7.89. The van der Waals surface area contributed by atoms with Crippen molar-refractivity contribution in [1.29, 1.82) is 5.26 Å². The lowest BCUT2D eigenvalue weighted by Crippen LogP contribution is -2.39. The fourth-order valence-corrected chi connectivity index (χ4v) is 2.87. The highest BCUT2D eigenvalue weighted by atomic mass is 32.2. The summed E-state index contributed by atoms with van der Waals surface area (Å²) in [5, 5.41) is 8.35. The molecule has 4 nitrogen and oxygen atoms in total. The second kappa shape index (κ2) is 3.52. The lowest BCUT2D eigenvalue weighted by Gasteiger charge is -2.16. The van der Waals surface area contributed by atoms with E-state index in [1.807, 2.05) is 0 Å². The second-order valence-electron chi connectivity index (χ2n) is 4.24. The van der Waals surface area contributed by atoms with E-state index in [9.17, 15) is 8.42 Å². The van der Waals surface area contributed by atoms with Crippen LogP contribution in [0.1, 0.15) is 25.7 Å². The molecule has 78 valence electrons. The van der Waals surface area contributed by atoms with Crippen LogP contribution in [0, 0.1) is 23.2 Å². The third kappa shape index (κ3) is 2.46. The molecule has 2 saturated carbocycles. The molecule has 0 radical (unpaired) electrons. The fourth-order valence-electron chi connectivity index (χ4n) is 1.82. The van der Waals surface area contributed by atoms with Gasteiger partial charge < -0.3 is 0 Å². The van der Waals surface area contributed by atoms with Gasteiger partial charge >= 0.3 is 0 Å². The quantitative estimate of drug-likeness (QED) is 0.729. The lowest BCUT2D eigenvalue weighted by atomic mass is 10.1. The largest absolute Gasteiger partial charge is 0.225 e. The average Bonchev–Trinajstić information content (AvgIpc) is 2.96. The van der Waals surface area contributed by atoms with Gasteiger partial charge in [0.25, 0.3) is 0 Å². The zero-order chi connectivity index (χ0) is 10.2. The Bertz CT molecular complexity index is 337. The molecule has 0 amide bonds. The number of nitrogens with zero attached hydrogens (tertiary/aromatic N) is 1. The van der Waals surface area contributed by atoms with E-state index in [2.05, 4.69) is 4.72 Å². The van der Waals surface area contributed by atoms with Crippen LogP contribution in [-0.4, -0.2) is 20.2 Å². The molecular weight excluding hydrogens is 200 g/mol. The predicted molar refractivity (Wildman–Crippen MR) is 51.8 cm³/mol. The molecule has 0 aromatic rings. The molecule has 0 aromatic heterocycles. The van der Waals surface area contributed by atoms with Crippen molar-refractivity contribution in [3.63, 3.8) is 0 Å². The topological polar surface area (TPSA) is 70.0 Å². The van der Waals surface area contributed by atoms with Crippen molar-refractivity contribution >= 4 is 10.0 Å². The number of nitrogens with one attached hydrogen (secondary N) is 1. The zero-order valence-electron chi connectivity index (χ0n) is 7.94. The van der Waals surface area contributed by atoms with Crippen molar-refractivity contribution in [3.8, 4) is 6.07 Å². The van der Waals surface area contributed by atoms with Crippen LogP contribution in [0.25, 0.3) is 0 Å². The van der Waals surface area contributed by atoms with Gasteiger partial charge in [-0.2, -0.15) is 5.26 Å². The number of nitriles is 1. The van der Waals surface area contributed by atoms with Gasteiger partial charge in [0.1, 0.15) is 0 Å². The van der Waals surface area contributed by atoms with Gasteiger partial charge in [0.2, 0.25) is 10.0 Å². The zero-order valence-corrected chi connectivity index (χ0v) is 8.76. The van der Waals surface area contributed by atoms with Gasteiger partial charge in [-0.05, 0) is 37.5 Å². The van der Waals surface area contributed by atoms with Crippen molar-refractivity contribution in [2.45, 2.75) is 31.7 Å². The molecule has 2 aliphatic rings. The Morgan fingerprint density at radius 2 is 1.79 bits per heavy atom. The van der Waals surface area contributed by atoms with E-state index in [1.165, 1.54) is 0 Å². The Hall–Kier alpha value is -0.600. The molecule has 0 saturated heterocycles. The molecule has 2 aliphatic carbocycles. The first-order valence-electron chi connectivity index (χ1n) is 4.99. The first kappa shape index (κ1) is 9.94. The van der Waals surface area contributed by atoms with Crippen LogP contribution in [0.5, 0.6) is 0 Å². The van der Waals surface area contributed by atoms with E-state index in [4.69, 9.17) is 5.26 Å². The molecule has 0 spiro atoms. The van der Waals surface area contributed by atoms with Crippen LogP contribution in [0.2, 0.25) is 0 Å². The Labute approximate surface area is 84.4 Å².